The molecule has 0 radical (unpaired) electrons. The second-order valence-corrected chi connectivity index (χ2v) is 4.33. The fraction of sp³-hybridized carbons (Fsp3) is 0.417. The van der Waals surface area contributed by atoms with E-state index in [2.05, 4.69) is 44.8 Å². The number of fused-ring (bicyclic) bond motifs is 1. The molecule has 1 saturated heterocycles. The Morgan fingerprint density at radius 1 is 1.06 bits per heavy atom. The normalized spacial score (nSPS) is 18.2. The predicted octanol–water partition coefficient (Wildman–Crippen LogP) is 0.920. The van der Waals surface area contributed by atoms with E-state index in [-0.39, 0.29) is 0 Å². The minimum absolute atomic E-state index is 1.07. The van der Waals surface area contributed by atoms with Gasteiger partial charge >= 0.3 is 0 Å². The lowest BCUT2D eigenvalue weighted by Gasteiger charge is -2.34. The molecule has 3 rings (SSSR count). The van der Waals surface area contributed by atoms with Gasteiger partial charge in [-0.3, -0.25) is 0 Å². The molecule has 2 heterocycles. The Hall–Kier alpha value is -1.55. The maximum absolute atomic E-state index is 4.42. The molecule has 84 valence electrons. The van der Waals surface area contributed by atoms with E-state index in [9.17, 15) is 0 Å². The van der Waals surface area contributed by atoms with Crippen LogP contribution in [0, 0.1) is 0 Å². The van der Waals surface area contributed by atoms with Gasteiger partial charge < -0.3 is 9.91 Å². The summed E-state index contributed by atoms with van der Waals surface area (Å²) in [6.45, 7) is 4.37. The van der Waals surface area contributed by atoms with Crippen LogP contribution in [-0.2, 0) is 0 Å². The Labute approximate surface area is 95.1 Å². The van der Waals surface area contributed by atoms with Gasteiger partial charge in [-0.15, -0.1) is 0 Å². The lowest BCUT2D eigenvalue weighted by molar-refractivity contribution is 0.289. The first-order chi connectivity index (χ1) is 7.84. The second-order valence-electron chi connectivity index (χ2n) is 4.33. The van der Waals surface area contributed by atoms with Crippen LogP contribution in [0.2, 0.25) is 0 Å². The van der Waals surface area contributed by atoms with Gasteiger partial charge in [-0.1, -0.05) is 12.1 Å². The number of rotatable bonds is 1. The highest BCUT2D eigenvalue weighted by molar-refractivity contribution is 5.75. The largest absolute Gasteiger partial charge is 0.309 e. The van der Waals surface area contributed by atoms with Gasteiger partial charge in [0.2, 0.25) is 0 Å². The monoisotopic (exact) mass is 216 g/mol. The molecule has 0 saturated carbocycles. The van der Waals surface area contributed by atoms with Crippen LogP contribution in [0.25, 0.3) is 11.0 Å². The second kappa shape index (κ2) is 3.79. The van der Waals surface area contributed by atoms with Gasteiger partial charge in [-0.05, 0) is 19.2 Å². The van der Waals surface area contributed by atoms with Gasteiger partial charge in [0.05, 0.1) is 11.0 Å². The molecule has 0 spiro atoms. The molecule has 16 heavy (non-hydrogen) atoms. The molecule has 0 aliphatic carbocycles. The topological polar surface area (TPSA) is 24.3 Å². The Morgan fingerprint density at radius 3 is 2.62 bits per heavy atom. The molecular weight excluding hydrogens is 200 g/mol. The van der Waals surface area contributed by atoms with Crippen LogP contribution in [0.4, 0.5) is 0 Å². The minimum atomic E-state index is 1.07. The Morgan fingerprint density at radius 2 is 1.81 bits per heavy atom. The van der Waals surface area contributed by atoms with Crippen LogP contribution >= 0.6 is 0 Å². The van der Waals surface area contributed by atoms with Crippen molar-refractivity contribution >= 4 is 11.0 Å². The number of likely N-dealkylation sites (N-methyl/N-ethyl adjacent to an activating group) is 1. The first-order valence-corrected chi connectivity index (χ1v) is 5.70. The van der Waals surface area contributed by atoms with E-state index < -0.39 is 0 Å². The zero-order valence-corrected chi connectivity index (χ0v) is 9.50. The molecule has 1 aliphatic rings. The molecule has 2 aromatic rings. The highest BCUT2D eigenvalue weighted by Gasteiger charge is 2.15. The van der Waals surface area contributed by atoms with Crippen molar-refractivity contribution in [2.24, 2.45) is 0 Å². The molecule has 1 aromatic carbocycles. The van der Waals surface area contributed by atoms with Gasteiger partial charge in [-0.25, -0.2) is 9.66 Å². The molecule has 1 aliphatic heterocycles. The summed E-state index contributed by atoms with van der Waals surface area (Å²) in [4.78, 5) is 6.78. The van der Waals surface area contributed by atoms with Crippen LogP contribution in [-0.4, -0.2) is 47.8 Å². The number of aromatic nitrogens is 2. The quantitative estimate of drug-likeness (QED) is 0.708. The van der Waals surface area contributed by atoms with Crippen molar-refractivity contribution in [1.29, 1.82) is 0 Å². The number of nitrogens with zero attached hydrogens (tertiary/aromatic N) is 4. The van der Waals surface area contributed by atoms with Crippen LogP contribution in [0.15, 0.2) is 30.6 Å². The SMILES string of the molecule is CN1CCN(n2cnc3ccccc32)CC1. The summed E-state index contributed by atoms with van der Waals surface area (Å²) >= 11 is 0. The van der Waals surface area contributed by atoms with E-state index in [0.717, 1.165) is 31.7 Å². The molecular formula is C12H16N4. The van der Waals surface area contributed by atoms with E-state index in [1.807, 2.05) is 12.4 Å². The van der Waals surface area contributed by atoms with Crippen molar-refractivity contribution < 1.29 is 0 Å². The van der Waals surface area contributed by atoms with Crippen LogP contribution in [0.5, 0.6) is 0 Å². The van der Waals surface area contributed by atoms with E-state index in [1.165, 1.54) is 5.52 Å². The summed E-state index contributed by atoms with van der Waals surface area (Å²) < 4.78 is 2.18. The van der Waals surface area contributed by atoms with Gasteiger partial charge in [0, 0.05) is 26.2 Å². The Balaban J connectivity index is 1.94. The molecule has 4 nitrogen and oxygen atoms in total. The summed E-state index contributed by atoms with van der Waals surface area (Å²) in [6.07, 6.45) is 1.93. The minimum Gasteiger partial charge on any atom is -0.309 e. The first kappa shape index (κ1) is 9.66. The van der Waals surface area contributed by atoms with Crippen molar-refractivity contribution in [3.8, 4) is 0 Å². The Bertz CT molecular complexity index is 482. The summed E-state index contributed by atoms with van der Waals surface area (Å²) in [5.41, 5.74) is 2.27. The van der Waals surface area contributed by atoms with Crippen molar-refractivity contribution in [2.45, 2.75) is 0 Å². The number of piperazine rings is 1. The lowest BCUT2D eigenvalue weighted by Crippen LogP contribution is -2.49. The number of hydrogen-bond acceptors (Lipinski definition) is 3. The molecule has 0 bridgehead atoms. The third-order valence-electron chi connectivity index (χ3n) is 3.22. The number of benzene rings is 1. The van der Waals surface area contributed by atoms with Crippen molar-refractivity contribution in [2.75, 3.05) is 38.2 Å². The van der Waals surface area contributed by atoms with E-state index in [4.69, 9.17) is 0 Å². The average Bonchev–Trinajstić information content (AvgIpc) is 2.74. The van der Waals surface area contributed by atoms with Crippen LogP contribution in [0.1, 0.15) is 0 Å². The molecule has 0 unspecified atom stereocenters. The smallest absolute Gasteiger partial charge is 0.116 e. The third-order valence-corrected chi connectivity index (χ3v) is 3.22. The van der Waals surface area contributed by atoms with Gasteiger partial charge in [-0.2, -0.15) is 0 Å². The highest BCUT2D eigenvalue weighted by Crippen LogP contribution is 2.13. The molecule has 1 fully saturated rings. The van der Waals surface area contributed by atoms with Crippen LogP contribution in [0.3, 0.4) is 0 Å². The van der Waals surface area contributed by atoms with E-state index in [0.29, 0.717) is 0 Å². The number of imidazole rings is 1. The maximum atomic E-state index is 4.42. The molecule has 0 amide bonds. The summed E-state index contributed by atoms with van der Waals surface area (Å²) in [5, 5.41) is 2.36. The van der Waals surface area contributed by atoms with Gasteiger partial charge in [0.15, 0.2) is 0 Å². The highest BCUT2D eigenvalue weighted by atomic mass is 15.6. The molecule has 0 atom stereocenters. The van der Waals surface area contributed by atoms with Crippen LogP contribution < -0.4 is 5.01 Å². The summed E-state index contributed by atoms with van der Waals surface area (Å²) in [5.74, 6) is 0. The van der Waals surface area contributed by atoms with Gasteiger partial charge in [0.25, 0.3) is 0 Å². The number of hydrogen-bond donors (Lipinski definition) is 0. The van der Waals surface area contributed by atoms with E-state index in [1.54, 1.807) is 0 Å². The fourth-order valence-electron chi connectivity index (χ4n) is 2.18. The first-order valence-electron chi connectivity index (χ1n) is 5.70. The standard InChI is InChI=1S/C12H16N4/c1-14-6-8-15(9-7-14)16-10-13-11-4-2-3-5-12(11)16/h2-5,10H,6-9H2,1H3. The summed E-state index contributed by atoms with van der Waals surface area (Å²) in [6, 6.07) is 8.28. The average molecular weight is 216 g/mol. The van der Waals surface area contributed by atoms with Crippen molar-refractivity contribution in [1.82, 2.24) is 14.6 Å². The number of para-hydroxylation sites is 2. The van der Waals surface area contributed by atoms with Crippen molar-refractivity contribution in [3.05, 3.63) is 30.6 Å². The Kier molecular flexibility index (Phi) is 2.29. The van der Waals surface area contributed by atoms with E-state index >= 15 is 0 Å². The lowest BCUT2D eigenvalue weighted by atomic mass is 10.3. The molecule has 0 N–H and O–H groups in total. The maximum Gasteiger partial charge on any atom is 0.116 e. The third kappa shape index (κ3) is 1.55. The fourth-order valence-corrected chi connectivity index (χ4v) is 2.18. The van der Waals surface area contributed by atoms with Gasteiger partial charge in [0.1, 0.15) is 6.33 Å². The zero-order valence-electron chi connectivity index (χ0n) is 9.50. The predicted molar refractivity (Wildman–Crippen MR) is 65.2 cm³/mol. The molecule has 1 aromatic heterocycles. The zero-order chi connectivity index (χ0) is 11.0. The summed E-state index contributed by atoms with van der Waals surface area (Å²) in [7, 11) is 2.17. The molecule has 4 heteroatoms. The van der Waals surface area contributed by atoms with Crippen molar-refractivity contribution in [3.63, 3.8) is 0 Å².